The van der Waals surface area contributed by atoms with Crippen LogP contribution in [0.15, 0.2) is 29.4 Å². The number of hydrogen-bond acceptors (Lipinski definition) is 5. The van der Waals surface area contributed by atoms with Crippen molar-refractivity contribution >= 4 is 27.5 Å². The van der Waals surface area contributed by atoms with Crippen LogP contribution in [0.4, 0.5) is 0 Å². The molecule has 0 bridgehead atoms. The molecule has 5 nitrogen and oxygen atoms in total. The van der Waals surface area contributed by atoms with E-state index < -0.39 is 9.84 Å². The second kappa shape index (κ2) is 5.92. The molecule has 1 unspecified atom stereocenters. The smallest absolute Gasteiger partial charge is 0.233 e. The predicted octanol–water partition coefficient (Wildman–Crippen LogP) is 0.819. The highest BCUT2D eigenvalue weighted by Crippen LogP contribution is 2.19. The predicted molar refractivity (Wildman–Crippen MR) is 74.8 cm³/mol. The quantitative estimate of drug-likeness (QED) is 0.770. The van der Waals surface area contributed by atoms with Gasteiger partial charge in [0, 0.05) is 19.3 Å². The molecule has 0 radical (unpaired) electrons. The Labute approximate surface area is 117 Å². The fourth-order valence-electron chi connectivity index (χ4n) is 1.95. The molecule has 0 aliphatic carbocycles. The molecule has 0 saturated carbocycles. The number of sulfone groups is 1. The van der Waals surface area contributed by atoms with E-state index in [0.717, 1.165) is 5.03 Å². The lowest BCUT2D eigenvalue weighted by atomic mass is 10.2. The molecule has 1 fully saturated rings. The number of aromatic nitrogens is 1. The summed E-state index contributed by atoms with van der Waals surface area (Å²) in [5.41, 5.74) is 0. The van der Waals surface area contributed by atoms with E-state index in [1.54, 1.807) is 18.1 Å². The van der Waals surface area contributed by atoms with E-state index in [1.165, 1.54) is 11.8 Å². The van der Waals surface area contributed by atoms with E-state index in [2.05, 4.69) is 4.98 Å². The van der Waals surface area contributed by atoms with Gasteiger partial charge in [0.05, 0.1) is 22.3 Å². The number of thioether (sulfide) groups is 1. The van der Waals surface area contributed by atoms with Crippen LogP contribution in [-0.2, 0) is 14.6 Å². The Balaban J connectivity index is 1.87. The first kappa shape index (κ1) is 14.3. The molecule has 1 aromatic heterocycles. The van der Waals surface area contributed by atoms with Crippen molar-refractivity contribution in [1.29, 1.82) is 0 Å². The molecule has 0 aromatic carbocycles. The van der Waals surface area contributed by atoms with Gasteiger partial charge in [-0.15, -0.1) is 0 Å². The summed E-state index contributed by atoms with van der Waals surface area (Å²) >= 11 is 1.36. The van der Waals surface area contributed by atoms with Crippen molar-refractivity contribution in [2.45, 2.75) is 17.5 Å². The molecule has 0 spiro atoms. The summed E-state index contributed by atoms with van der Waals surface area (Å²) in [4.78, 5) is 17.7. The monoisotopic (exact) mass is 300 g/mol. The fourth-order valence-corrected chi connectivity index (χ4v) is 4.51. The van der Waals surface area contributed by atoms with Crippen LogP contribution in [-0.4, -0.2) is 54.6 Å². The van der Waals surface area contributed by atoms with Crippen molar-refractivity contribution in [2.24, 2.45) is 0 Å². The first-order valence-electron chi connectivity index (χ1n) is 5.98. The first-order chi connectivity index (χ1) is 8.98. The summed E-state index contributed by atoms with van der Waals surface area (Å²) in [6.07, 6.45) is 2.22. The van der Waals surface area contributed by atoms with Crippen LogP contribution in [0.25, 0.3) is 0 Å². The van der Waals surface area contributed by atoms with Crippen LogP contribution >= 0.6 is 11.8 Å². The number of rotatable bonds is 4. The first-order valence-corrected chi connectivity index (χ1v) is 8.78. The van der Waals surface area contributed by atoms with Gasteiger partial charge in [-0.2, -0.15) is 0 Å². The molecule has 2 heterocycles. The Bertz CT molecular complexity index is 545. The van der Waals surface area contributed by atoms with Crippen molar-refractivity contribution in [3.05, 3.63) is 24.4 Å². The van der Waals surface area contributed by atoms with Gasteiger partial charge in [-0.05, 0) is 18.6 Å². The number of nitrogens with zero attached hydrogens (tertiary/aromatic N) is 2. The maximum absolute atomic E-state index is 12.0. The highest BCUT2D eigenvalue weighted by molar-refractivity contribution is 7.99. The number of pyridine rings is 1. The molecule has 1 aromatic rings. The molecule has 1 aliphatic rings. The molecule has 0 N–H and O–H groups in total. The second-order valence-corrected chi connectivity index (χ2v) is 7.74. The standard InChI is InChI=1S/C12H16N2O3S2/c1-14(10-5-7-19(16,17)9-10)12(15)8-18-11-4-2-3-6-13-11/h2-4,6,10H,5,7-9H2,1H3. The van der Waals surface area contributed by atoms with Gasteiger partial charge in [0.15, 0.2) is 9.84 Å². The molecule has 1 saturated heterocycles. The molecule has 1 amide bonds. The van der Waals surface area contributed by atoms with Gasteiger partial charge in [0.2, 0.25) is 5.91 Å². The van der Waals surface area contributed by atoms with Crippen LogP contribution < -0.4 is 0 Å². The lowest BCUT2D eigenvalue weighted by molar-refractivity contribution is -0.128. The fraction of sp³-hybridized carbons (Fsp3) is 0.500. The van der Waals surface area contributed by atoms with Gasteiger partial charge in [0.1, 0.15) is 0 Å². The van der Waals surface area contributed by atoms with Crippen molar-refractivity contribution < 1.29 is 13.2 Å². The minimum absolute atomic E-state index is 0.0576. The van der Waals surface area contributed by atoms with Crippen molar-refractivity contribution in [3.63, 3.8) is 0 Å². The van der Waals surface area contributed by atoms with Gasteiger partial charge in [-0.25, -0.2) is 13.4 Å². The van der Waals surface area contributed by atoms with Crippen LogP contribution in [0.5, 0.6) is 0 Å². The molecule has 1 atom stereocenters. The van der Waals surface area contributed by atoms with E-state index in [1.807, 2.05) is 18.2 Å². The van der Waals surface area contributed by atoms with Gasteiger partial charge in [0.25, 0.3) is 0 Å². The molecule has 1 aliphatic heterocycles. The van der Waals surface area contributed by atoms with E-state index in [4.69, 9.17) is 0 Å². The van der Waals surface area contributed by atoms with E-state index in [0.29, 0.717) is 6.42 Å². The van der Waals surface area contributed by atoms with Crippen LogP contribution in [0.2, 0.25) is 0 Å². The maximum Gasteiger partial charge on any atom is 0.233 e. The van der Waals surface area contributed by atoms with Gasteiger partial charge < -0.3 is 4.90 Å². The normalized spacial score (nSPS) is 21.2. The minimum Gasteiger partial charge on any atom is -0.341 e. The van der Waals surface area contributed by atoms with Crippen LogP contribution in [0.3, 0.4) is 0 Å². The Morgan fingerprint density at radius 2 is 2.32 bits per heavy atom. The molecule has 2 rings (SSSR count). The average Bonchev–Trinajstić information content (AvgIpc) is 2.76. The molecule has 19 heavy (non-hydrogen) atoms. The largest absolute Gasteiger partial charge is 0.341 e. The minimum atomic E-state index is -2.95. The topological polar surface area (TPSA) is 67.3 Å². The average molecular weight is 300 g/mol. The third-order valence-electron chi connectivity index (χ3n) is 3.13. The van der Waals surface area contributed by atoms with Crippen molar-refractivity contribution in [3.8, 4) is 0 Å². The molecule has 104 valence electrons. The Kier molecular flexibility index (Phi) is 4.46. The second-order valence-electron chi connectivity index (χ2n) is 4.52. The SMILES string of the molecule is CN(C(=O)CSc1ccccn1)C1CCS(=O)(=O)C1. The summed E-state index contributed by atoms with van der Waals surface area (Å²) in [6, 6.07) is 5.36. The lowest BCUT2D eigenvalue weighted by Gasteiger charge is -2.23. The Hall–Kier alpha value is -1.08. The van der Waals surface area contributed by atoms with Gasteiger partial charge in [-0.1, -0.05) is 17.8 Å². The summed E-state index contributed by atoms with van der Waals surface area (Å²) in [5.74, 6) is 0.494. The van der Waals surface area contributed by atoms with E-state index >= 15 is 0 Å². The highest BCUT2D eigenvalue weighted by Gasteiger charge is 2.32. The number of amides is 1. The summed E-state index contributed by atoms with van der Waals surface area (Å²) in [5, 5.41) is 0.795. The van der Waals surface area contributed by atoms with Gasteiger partial charge >= 0.3 is 0 Å². The summed E-state index contributed by atoms with van der Waals surface area (Å²) in [7, 11) is -1.28. The van der Waals surface area contributed by atoms with E-state index in [9.17, 15) is 13.2 Å². The van der Waals surface area contributed by atoms with Crippen molar-refractivity contribution in [2.75, 3.05) is 24.3 Å². The van der Waals surface area contributed by atoms with Gasteiger partial charge in [-0.3, -0.25) is 4.79 Å². The zero-order valence-corrected chi connectivity index (χ0v) is 12.3. The van der Waals surface area contributed by atoms with Crippen LogP contribution in [0.1, 0.15) is 6.42 Å². The molecular weight excluding hydrogens is 284 g/mol. The number of hydrogen-bond donors (Lipinski definition) is 0. The third-order valence-corrected chi connectivity index (χ3v) is 5.81. The van der Waals surface area contributed by atoms with E-state index in [-0.39, 0.29) is 29.2 Å². The molecule has 7 heteroatoms. The maximum atomic E-state index is 12.0. The van der Waals surface area contributed by atoms with Crippen LogP contribution in [0, 0.1) is 0 Å². The van der Waals surface area contributed by atoms with Crippen molar-refractivity contribution in [1.82, 2.24) is 9.88 Å². The third kappa shape index (κ3) is 3.94. The lowest BCUT2D eigenvalue weighted by Crippen LogP contribution is -2.38. The number of carbonyl (C=O) groups is 1. The number of carbonyl (C=O) groups excluding carboxylic acids is 1. The highest BCUT2D eigenvalue weighted by atomic mass is 32.2. The summed E-state index contributed by atoms with van der Waals surface area (Å²) in [6.45, 7) is 0. The Morgan fingerprint density at radius 1 is 1.53 bits per heavy atom. The zero-order valence-electron chi connectivity index (χ0n) is 10.7. The Morgan fingerprint density at radius 3 is 2.89 bits per heavy atom. The summed E-state index contributed by atoms with van der Waals surface area (Å²) < 4.78 is 22.8. The molecular formula is C12H16N2O3S2. The zero-order chi connectivity index (χ0) is 13.9.